The molecule has 1 aromatic heterocycles. The average molecular weight is 346 g/mol. The third-order valence-electron chi connectivity index (χ3n) is 4.06. The molecule has 2 rings (SSSR count). The predicted molar refractivity (Wildman–Crippen MR) is 98.5 cm³/mol. The Morgan fingerprint density at radius 3 is 2.96 bits per heavy atom. The minimum atomic E-state index is -0.0379. The van der Waals surface area contributed by atoms with Crippen LogP contribution in [0.1, 0.15) is 55.6 Å². The molecule has 0 saturated heterocycles. The first-order valence-corrected chi connectivity index (χ1v) is 9.55. The molecular formula is C19H26N2O2S. The molecule has 0 radical (unpaired) electrons. The van der Waals surface area contributed by atoms with Crippen LogP contribution in [0.15, 0.2) is 35.2 Å². The fourth-order valence-electron chi connectivity index (χ4n) is 2.48. The molecule has 1 heterocycles. The van der Waals surface area contributed by atoms with Gasteiger partial charge < -0.3 is 10.1 Å². The number of nitrogens with zero attached hydrogens (tertiary/aromatic N) is 1. The molecular weight excluding hydrogens is 320 g/mol. The van der Waals surface area contributed by atoms with E-state index in [2.05, 4.69) is 24.1 Å². The topological polar surface area (TPSA) is 51.2 Å². The second kappa shape index (κ2) is 10.1. The zero-order valence-electron chi connectivity index (χ0n) is 14.5. The maximum Gasteiger partial charge on any atom is 0.251 e. The Hall–Kier alpha value is -1.88. The second-order valence-corrected chi connectivity index (χ2v) is 6.64. The predicted octanol–water partition coefficient (Wildman–Crippen LogP) is 4.67. The monoisotopic (exact) mass is 346 g/mol. The van der Waals surface area contributed by atoms with Crippen molar-refractivity contribution in [3.05, 3.63) is 46.4 Å². The lowest BCUT2D eigenvalue weighted by Gasteiger charge is -2.15. The number of carbonyl (C=O) groups excluding carboxylic acids is 1. The zero-order chi connectivity index (χ0) is 17.2. The maximum atomic E-state index is 12.3. The standard InChI is InChI=1S/C19H26N2O2S/c1-3-5-7-15(4-2)11-20-19(22)16-8-6-9-18(10-16)23-12-17-13-24-14-21-17/h6,8-10,13-15H,3-5,7,11-12H2,1-2H3,(H,20,22). The summed E-state index contributed by atoms with van der Waals surface area (Å²) in [5.74, 6) is 1.20. The first kappa shape index (κ1) is 18.5. The van der Waals surface area contributed by atoms with Crippen molar-refractivity contribution in [2.45, 2.75) is 46.1 Å². The number of nitrogens with one attached hydrogen (secondary N) is 1. The minimum absolute atomic E-state index is 0.0379. The van der Waals surface area contributed by atoms with Gasteiger partial charge in [0.2, 0.25) is 0 Å². The van der Waals surface area contributed by atoms with Crippen molar-refractivity contribution in [1.29, 1.82) is 0 Å². The highest BCUT2D eigenvalue weighted by atomic mass is 32.1. The minimum Gasteiger partial charge on any atom is -0.487 e. The number of amides is 1. The molecule has 0 aliphatic heterocycles. The van der Waals surface area contributed by atoms with E-state index in [1.807, 2.05) is 23.6 Å². The van der Waals surface area contributed by atoms with Crippen LogP contribution >= 0.6 is 11.3 Å². The lowest BCUT2D eigenvalue weighted by atomic mass is 9.99. The Kier molecular flexibility index (Phi) is 7.75. The van der Waals surface area contributed by atoms with Crippen molar-refractivity contribution in [2.75, 3.05) is 6.54 Å². The van der Waals surface area contributed by atoms with Crippen LogP contribution in [0, 0.1) is 5.92 Å². The van der Waals surface area contributed by atoms with E-state index in [-0.39, 0.29) is 5.91 Å². The molecule has 0 aliphatic carbocycles. The van der Waals surface area contributed by atoms with Gasteiger partial charge in [-0.3, -0.25) is 4.79 Å². The molecule has 2 aromatic rings. The number of carbonyl (C=O) groups is 1. The Bertz CT molecular complexity index is 614. The number of benzene rings is 1. The van der Waals surface area contributed by atoms with Crippen LogP contribution in [-0.2, 0) is 6.61 Å². The molecule has 0 saturated carbocycles. The quantitative estimate of drug-likeness (QED) is 0.680. The first-order valence-electron chi connectivity index (χ1n) is 8.61. The third-order valence-corrected chi connectivity index (χ3v) is 4.70. The van der Waals surface area contributed by atoms with Crippen LogP contribution < -0.4 is 10.1 Å². The van der Waals surface area contributed by atoms with Crippen molar-refractivity contribution in [1.82, 2.24) is 10.3 Å². The highest BCUT2D eigenvalue weighted by Gasteiger charge is 2.11. The molecule has 1 unspecified atom stereocenters. The van der Waals surface area contributed by atoms with E-state index >= 15 is 0 Å². The van der Waals surface area contributed by atoms with Gasteiger partial charge in [-0.15, -0.1) is 11.3 Å². The van der Waals surface area contributed by atoms with Gasteiger partial charge >= 0.3 is 0 Å². The van der Waals surface area contributed by atoms with Crippen LogP contribution in [0.4, 0.5) is 0 Å². The molecule has 0 aliphatic rings. The number of hydrogen-bond donors (Lipinski definition) is 1. The molecule has 1 atom stereocenters. The Labute approximate surface area is 148 Å². The highest BCUT2D eigenvalue weighted by molar-refractivity contribution is 7.07. The summed E-state index contributed by atoms with van der Waals surface area (Å²) in [7, 11) is 0. The van der Waals surface area contributed by atoms with Crippen LogP contribution in [0.5, 0.6) is 5.75 Å². The van der Waals surface area contributed by atoms with Crippen LogP contribution in [-0.4, -0.2) is 17.4 Å². The van der Waals surface area contributed by atoms with E-state index in [4.69, 9.17) is 4.74 Å². The number of thiazole rings is 1. The number of hydrogen-bond acceptors (Lipinski definition) is 4. The highest BCUT2D eigenvalue weighted by Crippen LogP contribution is 2.16. The van der Waals surface area contributed by atoms with Gasteiger partial charge in [0.15, 0.2) is 0 Å². The van der Waals surface area contributed by atoms with Crippen LogP contribution in [0.2, 0.25) is 0 Å². The molecule has 24 heavy (non-hydrogen) atoms. The molecule has 4 nitrogen and oxygen atoms in total. The van der Waals surface area contributed by atoms with Crippen LogP contribution in [0.25, 0.3) is 0 Å². The molecule has 0 spiro atoms. The summed E-state index contributed by atoms with van der Waals surface area (Å²) in [4.78, 5) is 16.5. The van der Waals surface area contributed by atoms with E-state index in [0.29, 0.717) is 23.8 Å². The summed E-state index contributed by atoms with van der Waals surface area (Å²) < 4.78 is 5.71. The van der Waals surface area contributed by atoms with Crippen molar-refractivity contribution >= 4 is 17.2 Å². The van der Waals surface area contributed by atoms with Gasteiger partial charge in [0, 0.05) is 17.5 Å². The third kappa shape index (κ3) is 5.96. The summed E-state index contributed by atoms with van der Waals surface area (Å²) in [6, 6.07) is 7.31. The van der Waals surface area contributed by atoms with Crippen molar-refractivity contribution in [3.8, 4) is 5.75 Å². The molecule has 0 bridgehead atoms. The van der Waals surface area contributed by atoms with E-state index in [0.717, 1.165) is 18.7 Å². The number of unbranched alkanes of at least 4 members (excludes halogenated alkanes) is 1. The number of ether oxygens (including phenoxy) is 1. The van der Waals surface area contributed by atoms with E-state index in [1.165, 1.54) is 19.3 Å². The summed E-state index contributed by atoms with van der Waals surface area (Å²) in [5, 5.41) is 5.01. The molecule has 130 valence electrons. The molecule has 5 heteroatoms. The fraction of sp³-hybridized carbons (Fsp3) is 0.474. The molecule has 1 N–H and O–H groups in total. The lowest BCUT2D eigenvalue weighted by molar-refractivity contribution is 0.0945. The van der Waals surface area contributed by atoms with Gasteiger partial charge in [-0.25, -0.2) is 4.98 Å². The van der Waals surface area contributed by atoms with Gasteiger partial charge in [-0.1, -0.05) is 39.2 Å². The Morgan fingerprint density at radius 2 is 2.25 bits per heavy atom. The average Bonchev–Trinajstić information content (AvgIpc) is 3.14. The van der Waals surface area contributed by atoms with E-state index < -0.39 is 0 Å². The SMILES string of the molecule is CCCCC(CC)CNC(=O)c1cccc(OCc2cscn2)c1. The largest absolute Gasteiger partial charge is 0.487 e. The zero-order valence-corrected chi connectivity index (χ0v) is 15.3. The van der Waals surface area contributed by atoms with E-state index in [9.17, 15) is 4.79 Å². The molecule has 1 amide bonds. The normalized spacial score (nSPS) is 11.9. The Balaban J connectivity index is 1.86. The summed E-state index contributed by atoms with van der Waals surface area (Å²) in [6.45, 7) is 5.53. The number of aromatic nitrogens is 1. The molecule has 1 aromatic carbocycles. The van der Waals surface area contributed by atoms with Crippen molar-refractivity contribution in [2.24, 2.45) is 5.92 Å². The van der Waals surface area contributed by atoms with E-state index in [1.54, 1.807) is 22.9 Å². The summed E-state index contributed by atoms with van der Waals surface area (Å²) in [5.41, 5.74) is 3.32. The number of rotatable bonds is 10. The van der Waals surface area contributed by atoms with Crippen molar-refractivity contribution < 1.29 is 9.53 Å². The molecule has 0 fully saturated rings. The summed E-state index contributed by atoms with van der Waals surface area (Å²) in [6.07, 6.45) is 4.68. The van der Waals surface area contributed by atoms with Crippen LogP contribution in [0.3, 0.4) is 0 Å². The van der Waals surface area contributed by atoms with Gasteiger partial charge in [0.05, 0.1) is 11.2 Å². The lowest BCUT2D eigenvalue weighted by Crippen LogP contribution is -2.29. The van der Waals surface area contributed by atoms with Crippen molar-refractivity contribution in [3.63, 3.8) is 0 Å². The first-order chi connectivity index (χ1) is 11.7. The smallest absolute Gasteiger partial charge is 0.251 e. The summed E-state index contributed by atoms with van der Waals surface area (Å²) >= 11 is 1.54. The van der Waals surface area contributed by atoms with Gasteiger partial charge in [0.1, 0.15) is 12.4 Å². The Morgan fingerprint density at radius 1 is 1.38 bits per heavy atom. The van der Waals surface area contributed by atoms with Gasteiger partial charge in [-0.05, 0) is 30.5 Å². The second-order valence-electron chi connectivity index (χ2n) is 5.92. The van der Waals surface area contributed by atoms with Gasteiger partial charge in [-0.2, -0.15) is 0 Å². The van der Waals surface area contributed by atoms with Gasteiger partial charge in [0.25, 0.3) is 5.91 Å². The maximum absolute atomic E-state index is 12.3. The fourth-order valence-corrected chi connectivity index (χ4v) is 3.02.